The Hall–Kier alpha value is -5.01. The first-order valence-electron chi connectivity index (χ1n) is 19.8. The molecule has 24 nitrogen and oxygen atoms in total. The van der Waals surface area contributed by atoms with Crippen LogP contribution in [0.2, 0.25) is 0 Å². The lowest BCUT2D eigenvalue weighted by Gasteiger charge is -2.30. The summed E-state index contributed by atoms with van der Waals surface area (Å²) in [5, 5.41) is 34.1. The minimum Gasteiger partial charge on any atom is -0.394 e. The Bertz CT molecular complexity index is 1420. The van der Waals surface area contributed by atoms with Crippen LogP contribution in [-0.2, 0) is 43.2 Å². The van der Waals surface area contributed by atoms with Crippen LogP contribution >= 0.6 is 0 Å². The van der Waals surface area contributed by atoms with Crippen LogP contribution in [0.3, 0.4) is 0 Å². The molecule has 24 heteroatoms. The van der Waals surface area contributed by atoms with Crippen molar-refractivity contribution in [3.63, 3.8) is 0 Å². The third-order valence-electron chi connectivity index (χ3n) is 9.46. The molecule has 0 bridgehead atoms. The molecule has 1 aliphatic rings. The molecule has 0 aromatic rings. The van der Waals surface area contributed by atoms with Crippen LogP contribution in [0.25, 0.3) is 0 Å². The number of carbonyl (C=O) groups excluding carboxylic acids is 9. The highest BCUT2D eigenvalue weighted by atomic mass is 16.3. The van der Waals surface area contributed by atoms with Crippen molar-refractivity contribution in [2.75, 3.05) is 45.9 Å². The summed E-state index contributed by atoms with van der Waals surface area (Å²) in [4.78, 5) is 118. The second-order valence-electron chi connectivity index (χ2n) is 14.1. The van der Waals surface area contributed by atoms with Crippen LogP contribution in [0, 0.1) is 0 Å². The summed E-state index contributed by atoms with van der Waals surface area (Å²) in [5.41, 5.74) is 32.8. The van der Waals surface area contributed by atoms with E-state index in [1.807, 2.05) is 0 Å². The van der Waals surface area contributed by atoms with Crippen molar-refractivity contribution in [1.82, 2.24) is 36.8 Å². The highest BCUT2D eigenvalue weighted by Gasteiger charge is 2.39. The van der Waals surface area contributed by atoms with Crippen molar-refractivity contribution >= 4 is 53.2 Å². The lowest BCUT2D eigenvalue weighted by molar-refractivity contribution is -0.142. The van der Waals surface area contributed by atoms with Gasteiger partial charge in [-0.25, -0.2) is 0 Å². The van der Waals surface area contributed by atoms with E-state index in [9.17, 15) is 53.4 Å². The minimum absolute atomic E-state index is 0. The van der Waals surface area contributed by atoms with Gasteiger partial charge >= 0.3 is 0 Å². The third kappa shape index (κ3) is 19.4. The second-order valence-corrected chi connectivity index (χ2v) is 14.1. The average Bonchev–Trinajstić information content (AvgIpc) is 3.70. The first-order valence-corrected chi connectivity index (χ1v) is 19.8. The normalized spacial score (nSPS) is 16.4. The van der Waals surface area contributed by atoms with E-state index < -0.39 is 122 Å². The summed E-state index contributed by atoms with van der Waals surface area (Å²) < 4.78 is 0. The number of rotatable bonds is 30. The van der Waals surface area contributed by atoms with E-state index in [1.165, 1.54) is 4.90 Å². The van der Waals surface area contributed by atoms with Crippen molar-refractivity contribution in [3.8, 4) is 0 Å². The molecule has 20 N–H and O–H groups in total. The summed E-state index contributed by atoms with van der Waals surface area (Å²) in [6.45, 7) is -1.29. The van der Waals surface area contributed by atoms with E-state index in [2.05, 4.69) is 31.9 Å². The van der Waals surface area contributed by atoms with Crippen LogP contribution < -0.4 is 66.3 Å². The maximum absolute atomic E-state index is 14.0. The Balaban J connectivity index is 0.0000348. The van der Waals surface area contributed by atoms with Gasteiger partial charge in [-0.15, -0.1) is 0 Å². The number of primary amides is 2. The number of nitrogens with zero attached hydrogens (tertiary/aromatic N) is 1. The molecule has 1 fully saturated rings. The Morgan fingerprint density at radius 1 is 0.567 bits per heavy atom. The van der Waals surface area contributed by atoms with Gasteiger partial charge in [0.25, 0.3) is 0 Å². The Kier molecular flexibility index (Phi) is 27.6. The molecule has 1 saturated heterocycles. The minimum atomic E-state index is -1.68. The predicted octanol–water partition coefficient (Wildman–Crippen LogP) is -6.79. The Morgan fingerprint density at radius 2 is 1.00 bits per heavy atom. The van der Waals surface area contributed by atoms with Crippen molar-refractivity contribution in [3.05, 3.63) is 0 Å². The molecule has 0 saturated carbocycles. The predicted molar refractivity (Wildman–Crippen MR) is 218 cm³/mol. The number of aliphatic hydroxyl groups is 2. The van der Waals surface area contributed by atoms with Crippen LogP contribution in [0.5, 0.6) is 0 Å². The maximum Gasteiger partial charge on any atom is 0.245 e. The molecule has 0 aromatic carbocycles. The van der Waals surface area contributed by atoms with Crippen molar-refractivity contribution in [1.29, 1.82) is 0 Å². The van der Waals surface area contributed by atoms with Gasteiger partial charge in [0, 0.05) is 6.54 Å². The number of nitrogens with one attached hydrogen (secondary N) is 6. The number of amides is 9. The molecule has 0 aliphatic carbocycles. The van der Waals surface area contributed by atoms with Gasteiger partial charge in [0.1, 0.15) is 42.3 Å². The summed E-state index contributed by atoms with van der Waals surface area (Å²) in [7, 11) is 0. The molecule has 1 aliphatic heterocycles. The lowest BCUT2D eigenvalue weighted by Crippen LogP contribution is -2.61. The molecular weight excluding hydrogens is 790 g/mol. The average molecular weight is 860 g/mol. The van der Waals surface area contributed by atoms with Gasteiger partial charge in [0.05, 0.1) is 26.2 Å². The summed E-state index contributed by atoms with van der Waals surface area (Å²) >= 11 is 0. The molecule has 0 radical (unpaired) electrons. The van der Waals surface area contributed by atoms with Crippen LogP contribution in [0.15, 0.2) is 0 Å². The molecule has 60 heavy (non-hydrogen) atoms. The van der Waals surface area contributed by atoms with Gasteiger partial charge in [-0.2, -0.15) is 0 Å². The molecule has 7 unspecified atom stereocenters. The SMILES string of the molecule is C.NCCCCC(NC(=O)C1CCCN1C(=O)C(CCCCN)NC(=O)C(CO)NC(=O)C(CCCCN)NC(=O)C(CC(N)=O)NC(=O)C(CO)NC(=O)CN)C(N)=O. The molecule has 1 heterocycles. The van der Waals surface area contributed by atoms with Gasteiger partial charge in [-0.05, 0) is 90.3 Å². The smallest absolute Gasteiger partial charge is 0.245 e. The quantitative estimate of drug-likeness (QED) is 0.0299. The summed E-state index contributed by atoms with van der Waals surface area (Å²) in [5.74, 6) is -7.84. The molecule has 7 atom stereocenters. The van der Waals surface area contributed by atoms with E-state index in [4.69, 9.17) is 34.4 Å². The fourth-order valence-corrected chi connectivity index (χ4v) is 6.20. The zero-order chi connectivity index (χ0) is 44.5. The van der Waals surface area contributed by atoms with Gasteiger partial charge in [0.15, 0.2) is 0 Å². The number of hydrogen-bond acceptors (Lipinski definition) is 15. The molecular formula is C36H69N13O11. The maximum atomic E-state index is 14.0. The standard InChI is InChI=1S/C35H65N13O11.CH4/c36-12-4-1-8-20(29(41)53)43-34(58)26-11-7-15-48(26)35(59)22(10-3-6-14-38)45-33(57)25(19-50)47-30(54)21(9-2-5-13-37)44-31(55)23(16-27(40)51)46-32(56)24(18-49)42-28(52)17-39;/h20-26,49-50H,1-19,36-39H2,(H2,40,51)(H2,41,53)(H,42,52)(H,43,58)(H,44,55)(H,45,57)(H,46,56)(H,47,54);1H4. The largest absolute Gasteiger partial charge is 0.394 e. The van der Waals surface area contributed by atoms with Crippen molar-refractivity contribution in [2.24, 2.45) is 34.4 Å². The van der Waals surface area contributed by atoms with Gasteiger partial charge < -0.3 is 81.4 Å². The number of aliphatic hydroxyl groups excluding tert-OH is 2. The van der Waals surface area contributed by atoms with Gasteiger partial charge in [0.2, 0.25) is 53.2 Å². The van der Waals surface area contributed by atoms with E-state index in [0.29, 0.717) is 45.1 Å². The Morgan fingerprint density at radius 3 is 1.48 bits per heavy atom. The van der Waals surface area contributed by atoms with Gasteiger partial charge in [-0.3, -0.25) is 43.2 Å². The molecule has 0 aromatic heterocycles. The summed E-state index contributed by atoms with van der Waals surface area (Å²) in [6.07, 6.45) is 2.96. The molecule has 0 spiro atoms. The van der Waals surface area contributed by atoms with Crippen molar-refractivity contribution < 1.29 is 53.4 Å². The molecule has 1 rings (SSSR count). The topological polar surface area (TPSA) is 426 Å². The van der Waals surface area contributed by atoms with E-state index in [1.54, 1.807) is 0 Å². The fraction of sp³-hybridized carbons (Fsp3) is 0.750. The first-order chi connectivity index (χ1) is 28.1. The highest BCUT2D eigenvalue weighted by molar-refractivity contribution is 5.98. The summed E-state index contributed by atoms with van der Waals surface area (Å²) in [6, 6.07) is -9.47. The lowest BCUT2D eigenvalue weighted by atomic mass is 10.0. The monoisotopic (exact) mass is 860 g/mol. The molecule has 9 amide bonds. The van der Waals surface area contributed by atoms with Crippen LogP contribution in [0.4, 0.5) is 0 Å². The third-order valence-corrected chi connectivity index (χ3v) is 9.46. The number of nitrogens with two attached hydrogens (primary N) is 6. The van der Waals surface area contributed by atoms with E-state index >= 15 is 0 Å². The second kappa shape index (κ2) is 30.1. The highest BCUT2D eigenvalue weighted by Crippen LogP contribution is 2.21. The number of hydrogen-bond donors (Lipinski definition) is 14. The van der Waals surface area contributed by atoms with Crippen LogP contribution in [0.1, 0.15) is 84.5 Å². The van der Waals surface area contributed by atoms with E-state index in [0.717, 1.165) is 0 Å². The fourth-order valence-electron chi connectivity index (χ4n) is 6.20. The van der Waals surface area contributed by atoms with Crippen LogP contribution in [-0.4, -0.2) is 157 Å². The van der Waals surface area contributed by atoms with Crippen molar-refractivity contribution in [2.45, 2.75) is 127 Å². The zero-order valence-corrected chi connectivity index (χ0v) is 33.5. The first kappa shape index (κ1) is 55.0. The molecule has 344 valence electrons. The zero-order valence-electron chi connectivity index (χ0n) is 33.5. The Labute approximate surface area is 350 Å². The number of unbranched alkanes of at least 4 members (excludes halogenated alkanes) is 3. The van der Waals surface area contributed by atoms with E-state index in [-0.39, 0.29) is 59.2 Å². The number of likely N-dealkylation sites (tertiary alicyclic amines) is 1. The number of carbonyl (C=O) groups is 9. The van der Waals surface area contributed by atoms with Gasteiger partial charge in [-0.1, -0.05) is 7.43 Å².